The number of ether oxygens (including phenoxy) is 3. The lowest BCUT2D eigenvalue weighted by Crippen LogP contribution is -2.17. The molecular weight excluding hydrogens is 388 g/mol. The van der Waals surface area contributed by atoms with E-state index in [1.807, 2.05) is 0 Å². The predicted octanol–water partition coefficient (Wildman–Crippen LogP) is 2.80. The Morgan fingerprint density at radius 3 is 2.26 bits per heavy atom. The number of anilines is 1. The Labute approximate surface area is 153 Å². The van der Waals surface area contributed by atoms with Gasteiger partial charge in [0.05, 0.1) is 25.5 Å². The number of methoxy groups -OCH3 is 2. The van der Waals surface area contributed by atoms with Crippen LogP contribution in [0.2, 0.25) is 0 Å². The second-order valence-corrected chi connectivity index (χ2v) is 6.64. The van der Waals surface area contributed by atoms with E-state index in [9.17, 15) is 27.1 Å². The molecule has 146 valence electrons. The smallest absolute Gasteiger partial charge is 0.387 e. The third-order valence-corrected chi connectivity index (χ3v) is 4.76. The number of benzene rings is 2. The molecule has 0 saturated carbocycles. The van der Waals surface area contributed by atoms with E-state index in [4.69, 9.17) is 9.47 Å². The largest absolute Gasteiger partial charge is 0.495 e. The fourth-order valence-corrected chi connectivity index (χ4v) is 3.45. The van der Waals surface area contributed by atoms with Gasteiger partial charge in [-0.1, -0.05) is 12.1 Å². The van der Waals surface area contributed by atoms with E-state index in [1.54, 1.807) is 6.07 Å². The lowest BCUT2D eigenvalue weighted by molar-refractivity contribution is -0.0512. The Balaban J connectivity index is 2.55. The first-order valence-electron chi connectivity index (χ1n) is 7.25. The number of carbonyl (C=O) groups is 1. The van der Waals surface area contributed by atoms with Gasteiger partial charge in [-0.2, -0.15) is 8.78 Å². The quantitative estimate of drug-likeness (QED) is 0.697. The van der Waals surface area contributed by atoms with Crippen LogP contribution >= 0.6 is 0 Å². The minimum Gasteiger partial charge on any atom is -0.495 e. The molecule has 0 spiro atoms. The summed E-state index contributed by atoms with van der Waals surface area (Å²) in [5, 5.41) is 9.31. The molecule has 2 rings (SSSR count). The number of carboxylic acid groups (broad SMARTS) is 1. The van der Waals surface area contributed by atoms with E-state index >= 15 is 0 Å². The van der Waals surface area contributed by atoms with Crippen LogP contribution in [-0.4, -0.2) is 40.3 Å². The van der Waals surface area contributed by atoms with Gasteiger partial charge in [-0.05, 0) is 12.1 Å². The summed E-state index contributed by atoms with van der Waals surface area (Å²) in [5.74, 6) is -2.36. The molecule has 0 radical (unpaired) electrons. The van der Waals surface area contributed by atoms with Crippen LogP contribution < -0.4 is 18.9 Å². The van der Waals surface area contributed by atoms with Crippen molar-refractivity contribution < 1.29 is 41.3 Å². The van der Waals surface area contributed by atoms with Gasteiger partial charge < -0.3 is 19.3 Å². The van der Waals surface area contributed by atoms with Crippen LogP contribution in [0.5, 0.6) is 17.2 Å². The summed E-state index contributed by atoms with van der Waals surface area (Å²) >= 11 is 0. The van der Waals surface area contributed by atoms with Gasteiger partial charge in [0.15, 0.2) is 11.5 Å². The maximum Gasteiger partial charge on any atom is 0.387 e. The molecule has 0 unspecified atom stereocenters. The molecule has 0 heterocycles. The molecule has 0 atom stereocenters. The first-order chi connectivity index (χ1) is 12.7. The highest BCUT2D eigenvalue weighted by atomic mass is 32.2. The van der Waals surface area contributed by atoms with Crippen molar-refractivity contribution in [2.75, 3.05) is 18.9 Å². The molecule has 0 saturated heterocycles. The summed E-state index contributed by atoms with van der Waals surface area (Å²) < 4.78 is 66.5. The zero-order valence-corrected chi connectivity index (χ0v) is 14.9. The maximum absolute atomic E-state index is 12.6. The topological polar surface area (TPSA) is 111 Å². The molecule has 2 aromatic rings. The molecule has 0 fully saturated rings. The molecule has 2 N–H and O–H groups in total. The zero-order chi connectivity index (χ0) is 20.2. The van der Waals surface area contributed by atoms with E-state index in [2.05, 4.69) is 9.46 Å². The minimum absolute atomic E-state index is 0.0338. The summed E-state index contributed by atoms with van der Waals surface area (Å²) in [6.45, 7) is -3.23. The van der Waals surface area contributed by atoms with E-state index < -0.39 is 39.6 Å². The fourth-order valence-electron chi connectivity index (χ4n) is 2.21. The van der Waals surface area contributed by atoms with Crippen molar-refractivity contribution in [2.45, 2.75) is 11.5 Å². The SMILES string of the molecule is COc1cc(NS(=O)(=O)c2ccccc2OC)c(C(=O)O)cc1OC(F)F. The molecule has 8 nitrogen and oxygen atoms in total. The van der Waals surface area contributed by atoms with E-state index in [-0.39, 0.29) is 16.4 Å². The van der Waals surface area contributed by atoms with Gasteiger partial charge >= 0.3 is 12.6 Å². The Bertz CT molecular complexity index is 948. The van der Waals surface area contributed by atoms with Crippen LogP contribution in [0.4, 0.5) is 14.5 Å². The van der Waals surface area contributed by atoms with Gasteiger partial charge in [0.1, 0.15) is 10.6 Å². The van der Waals surface area contributed by atoms with Gasteiger partial charge in [0.2, 0.25) is 0 Å². The molecule has 27 heavy (non-hydrogen) atoms. The van der Waals surface area contributed by atoms with Crippen molar-refractivity contribution in [3.63, 3.8) is 0 Å². The summed E-state index contributed by atoms with van der Waals surface area (Å²) in [6, 6.07) is 7.36. The van der Waals surface area contributed by atoms with Gasteiger partial charge in [-0.15, -0.1) is 0 Å². The number of halogens is 2. The molecule has 11 heteroatoms. The number of hydrogen-bond acceptors (Lipinski definition) is 6. The number of sulfonamides is 1. The Hall–Kier alpha value is -3.08. The van der Waals surface area contributed by atoms with Crippen molar-refractivity contribution in [3.05, 3.63) is 42.0 Å². The molecule has 0 aliphatic heterocycles. The first-order valence-corrected chi connectivity index (χ1v) is 8.74. The summed E-state index contributed by atoms with van der Waals surface area (Å²) in [6.07, 6.45) is 0. The van der Waals surface area contributed by atoms with Crippen LogP contribution in [0.3, 0.4) is 0 Å². The Morgan fingerprint density at radius 1 is 1.07 bits per heavy atom. The zero-order valence-electron chi connectivity index (χ0n) is 14.1. The Morgan fingerprint density at radius 2 is 1.70 bits per heavy atom. The standard InChI is InChI=1S/C16H15F2NO7S/c1-24-11-5-3-4-6-14(11)27(22,23)19-10-8-12(25-2)13(26-16(17)18)7-9(10)15(20)21/h3-8,16,19H,1-2H3,(H,20,21). The van der Waals surface area contributed by atoms with Gasteiger partial charge in [-0.3, -0.25) is 4.72 Å². The number of hydrogen-bond donors (Lipinski definition) is 2. The summed E-state index contributed by atoms with van der Waals surface area (Å²) in [4.78, 5) is 11.2. The third-order valence-electron chi connectivity index (χ3n) is 3.35. The molecule has 0 aliphatic rings. The number of nitrogens with one attached hydrogen (secondary N) is 1. The van der Waals surface area contributed by atoms with Gasteiger partial charge in [0.25, 0.3) is 10.0 Å². The van der Waals surface area contributed by atoms with Crippen LogP contribution in [-0.2, 0) is 10.0 Å². The number of rotatable bonds is 8. The summed E-state index contributed by atoms with van der Waals surface area (Å²) in [7, 11) is -1.85. The lowest BCUT2D eigenvalue weighted by Gasteiger charge is -2.16. The lowest BCUT2D eigenvalue weighted by atomic mass is 10.1. The van der Waals surface area contributed by atoms with Crippen molar-refractivity contribution in [3.8, 4) is 17.2 Å². The number of para-hydroxylation sites is 1. The van der Waals surface area contributed by atoms with E-state index in [0.29, 0.717) is 0 Å². The molecular formula is C16H15F2NO7S. The van der Waals surface area contributed by atoms with E-state index in [1.165, 1.54) is 25.3 Å². The molecule has 0 aromatic heterocycles. The van der Waals surface area contributed by atoms with Gasteiger partial charge in [-0.25, -0.2) is 13.2 Å². The van der Waals surface area contributed by atoms with Crippen molar-refractivity contribution in [1.82, 2.24) is 0 Å². The second-order valence-electron chi connectivity index (χ2n) is 4.99. The monoisotopic (exact) mass is 403 g/mol. The normalized spacial score (nSPS) is 11.1. The average molecular weight is 403 g/mol. The number of aromatic carboxylic acids is 1. The highest BCUT2D eigenvalue weighted by Gasteiger charge is 2.25. The first kappa shape index (κ1) is 20.2. The third kappa shape index (κ3) is 4.56. The highest BCUT2D eigenvalue weighted by Crippen LogP contribution is 2.36. The van der Waals surface area contributed by atoms with Gasteiger partial charge in [0, 0.05) is 12.1 Å². The van der Waals surface area contributed by atoms with Crippen LogP contribution in [0.15, 0.2) is 41.3 Å². The second kappa shape index (κ2) is 8.08. The number of alkyl halides is 2. The van der Waals surface area contributed by atoms with Crippen LogP contribution in [0.25, 0.3) is 0 Å². The highest BCUT2D eigenvalue weighted by molar-refractivity contribution is 7.92. The van der Waals surface area contributed by atoms with Crippen molar-refractivity contribution in [2.24, 2.45) is 0 Å². The molecule has 0 aliphatic carbocycles. The van der Waals surface area contributed by atoms with Crippen molar-refractivity contribution >= 4 is 21.7 Å². The van der Waals surface area contributed by atoms with Crippen LogP contribution in [0.1, 0.15) is 10.4 Å². The van der Waals surface area contributed by atoms with Crippen LogP contribution in [0, 0.1) is 0 Å². The minimum atomic E-state index is -4.26. The van der Waals surface area contributed by atoms with E-state index in [0.717, 1.165) is 19.2 Å². The van der Waals surface area contributed by atoms with Crippen molar-refractivity contribution in [1.29, 1.82) is 0 Å². The molecule has 0 amide bonds. The Kier molecular flexibility index (Phi) is 6.05. The number of carboxylic acids is 1. The predicted molar refractivity (Wildman–Crippen MR) is 90.4 cm³/mol. The fraction of sp³-hybridized carbons (Fsp3) is 0.188. The summed E-state index contributed by atoms with van der Waals surface area (Å²) in [5.41, 5.74) is -1.00. The average Bonchev–Trinajstić information content (AvgIpc) is 2.61. The molecule has 0 bridgehead atoms. The maximum atomic E-state index is 12.6. The molecule has 2 aromatic carbocycles.